The van der Waals surface area contributed by atoms with E-state index in [2.05, 4.69) is 20.8 Å². The van der Waals surface area contributed by atoms with Crippen LogP contribution in [0, 0.1) is 11.7 Å². The van der Waals surface area contributed by atoms with Crippen LogP contribution < -0.4 is 0 Å². The molecular weight excluding hydrogens is 313 g/mol. The first kappa shape index (κ1) is 14.5. The molecule has 1 aromatic carbocycles. The molecule has 1 N–H and O–H groups in total. The monoisotopic (exact) mass is 329 g/mol. The van der Waals surface area contributed by atoms with E-state index in [1.807, 2.05) is 13.8 Å². The first-order valence-electron chi connectivity index (χ1n) is 6.32. The Morgan fingerprint density at radius 3 is 2.68 bits per heavy atom. The summed E-state index contributed by atoms with van der Waals surface area (Å²) in [5.74, 6) is -2.02. The van der Waals surface area contributed by atoms with Crippen molar-refractivity contribution in [1.29, 1.82) is 0 Å². The van der Waals surface area contributed by atoms with Crippen molar-refractivity contribution >= 4 is 21.9 Å². The largest absolute Gasteiger partial charge is 0.481 e. The maximum absolute atomic E-state index is 14.0. The summed E-state index contributed by atoms with van der Waals surface area (Å²) in [4.78, 5) is 13.5. The first-order chi connectivity index (χ1) is 8.90. The number of hydrogen-bond donors (Lipinski definition) is 1. The number of aliphatic carboxylic acids is 1. The number of benzene rings is 1. The lowest BCUT2D eigenvalue weighted by molar-refractivity contribution is -0.141. The van der Waals surface area contributed by atoms with Gasteiger partial charge >= 0.3 is 5.97 Å². The van der Waals surface area contributed by atoms with Crippen LogP contribution in [-0.2, 0) is 4.79 Å². The van der Waals surface area contributed by atoms with Crippen molar-refractivity contribution in [3.8, 4) is 0 Å². The fourth-order valence-corrected chi connectivity index (χ4v) is 2.96. The van der Waals surface area contributed by atoms with Crippen molar-refractivity contribution < 1.29 is 14.3 Å². The van der Waals surface area contributed by atoms with Crippen molar-refractivity contribution in [1.82, 2.24) is 4.90 Å². The number of nitrogens with zero attached hydrogens (tertiary/aromatic N) is 1. The van der Waals surface area contributed by atoms with Gasteiger partial charge in [-0.2, -0.15) is 0 Å². The minimum atomic E-state index is -0.851. The zero-order chi connectivity index (χ0) is 14.2. The van der Waals surface area contributed by atoms with E-state index in [4.69, 9.17) is 0 Å². The van der Waals surface area contributed by atoms with Gasteiger partial charge in [-0.3, -0.25) is 9.69 Å². The highest BCUT2D eigenvalue weighted by Gasteiger charge is 2.40. The van der Waals surface area contributed by atoms with E-state index in [1.165, 1.54) is 6.07 Å². The smallest absolute Gasteiger partial charge is 0.308 e. The van der Waals surface area contributed by atoms with Crippen LogP contribution >= 0.6 is 15.9 Å². The molecule has 2 rings (SSSR count). The minimum Gasteiger partial charge on any atom is -0.481 e. The summed E-state index contributed by atoms with van der Waals surface area (Å²) in [6, 6.07) is 5.11. The van der Waals surface area contributed by atoms with Crippen LogP contribution in [0.1, 0.15) is 25.3 Å². The summed E-state index contributed by atoms with van der Waals surface area (Å²) < 4.78 is 14.7. The molecule has 0 saturated carbocycles. The Hall–Kier alpha value is -0.940. The van der Waals surface area contributed by atoms with Crippen LogP contribution in [-0.4, -0.2) is 35.1 Å². The maximum Gasteiger partial charge on any atom is 0.308 e. The lowest BCUT2D eigenvalue weighted by Gasteiger charge is -2.20. The molecule has 0 bridgehead atoms. The van der Waals surface area contributed by atoms with Gasteiger partial charge in [0.25, 0.3) is 0 Å². The molecule has 19 heavy (non-hydrogen) atoms. The second-order valence-electron chi connectivity index (χ2n) is 5.26. The lowest BCUT2D eigenvalue weighted by Crippen LogP contribution is -2.29. The van der Waals surface area contributed by atoms with Gasteiger partial charge in [0.2, 0.25) is 0 Å². The van der Waals surface area contributed by atoms with Gasteiger partial charge in [0, 0.05) is 29.5 Å². The Morgan fingerprint density at radius 1 is 1.47 bits per heavy atom. The average molecular weight is 330 g/mol. The maximum atomic E-state index is 14.0. The molecule has 2 unspecified atom stereocenters. The topological polar surface area (TPSA) is 40.5 Å². The highest BCUT2D eigenvalue weighted by atomic mass is 79.9. The molecule has 0 radical (unpaired) electrons. The second kappa shape index (κ2) is 5.59. The highest BCUT2D eigenvalue weighted by Crippen LogP contribution is 2.35. The molecule has 1 aliphatic heterocycles. The Bertz CT molecular complexity index is 492. The van der Waals surface area contributed by atoms with Gasteiger partial charge in [-0.25, -0.2) is 4.39 Å². The average Bonchev–Trinajstić information content (AvgIpc) is 2.73. The van der Waals surface area contributed by atoms with Crippen molar-refractivity contribution in [2.75, 3.05) is 13.1 Å². The number of likely N-dealkylation sites (tertiary alicyclic amines) is 1. The van der Waals surface area contributed by atoms with Gasteiger partial charge in [0.1, 0.15) is 5.82 Å². The Balaban J connectivity index is 2.33. The van der Waals surface area contributed by atoms with Crippen molar-refractivity contribution in [2.45, 2.75) is 25.8 Å². The van der Waals surface area contributed by atoms with E-state index in [9.17, 15) is 14.3 Å². The molecule has 1 fully saturated rings. The van der Waals surface area contributed by atoms with Crippen LogP contribution in [0.4, 0.5) is 4.39 Å². The van der Waals surface area contributed by atoms with Crippen LogP contribution in [0.15, 0.2) is 22.7 Å². The molecule has 0 aliphatic carbocycles. The van der Waals surface area contributed by atoms with Crippen LogP contribution in [0.25, 0.3) is 0 Å². The van der Waals surface area contributed by atoms with Gasteiger partial charge < -0.3 is 5.11 Å². The van der Waals surface area contributed by atoms with Gasteiger partial charge in [0.05, 0.1) is 5.92 Å². The van der Waals surface area contributed by atoms with Gasteiger partial charge in [0.15, 0.2) is 0 Å². The number of carboxylic acid groups (broad SMARTS) is 1. The van der Waals surface area contributed by atoms with Gasteiger partial charge in [-0.05, 0) is 31.5 Å². The fraction of sp³-hybridized carbons (Fsp3) is 0.500. The molecule has 5 heteroatoms. The molecule has 1 heterocycles. The Kier molecular flexibility index (Phi) is 4.26. The third-order valence-corrected chi connectivity index (χ3v) is 4.25. The van der Waals surface area contributed by atoms with Crippen molar-refractivity contribution in [3.63, 3.8) is 0 Å². The molecule has 1 aliphatic rings. The third-order valence-electron chi connectivity index (χ3n) is 3.76. The number of carbonyl (C=O) groups is 1. The number of rotatable bonds is 3. The molecule has 1 saturated heterocycles. The summed E-state index contributed by atoms with van der Waals surface area (Å²) in [7, 11) is 0. The van der Waals surface area contributed by atoms with Crippen LogP contribution in [0.2, 0.25) is 0 Å². The Labute approximate surface area is 120 Å². The summed E-state index contributed by atoms with van der Waals surface area (Å²) in [5, 5.41) is 9.33. The first-order valence-corrected chi connectivity index (χ1v) is 7.11. The number of hydrogen-bond acceptors (Lipinski definition) is 2. The molecule has 2 atom stereocenters. The summed E-state index contributed by atoms with van der Waals surface area (Å²) >= 11 is 3.22. The van der Waals surface area contributed by atoms with E-state index < -0.39 is 11.9 Å². The SMILES string of the molecule is CC(C)N1CC(C(=O)O)C(c2ccc(Br)cc2F)C1. The Morgan fingerprint density at radius 2 is 2.16 bits per heavy atom. The predicted molar refractivity (Wildman–Crippen MR) is 74.7 cm³/mol. The summed E-state index contributed by atoms with van der Waals surface area (Å²) in [5.41, 5.74) is 0.499. The normalized spacial score (nSPS) is 24.1. The van der Waals surface area contributed by atoms with Gasteiger partial charge in [-0.1, -0.05) is 22.0 Å². The molecule has 3 nitrogen and oxygen atoms in total. The predicted octanol–water partition coefficient (Wildman–Crippen LogP) is 3.10. The number of halogens is 2. The van der Waals surface area contributed by atoms with Crippen molar-refractivity contribution in [2.24, 2.45) is 5.92 Å². The van der Waals surface area contributed by atoms with Gasteiger partial charge in [-0.15, -0.1) is 0 Å². The standard InChI is InChI=1S/C14H17BrFNO2/c1-8(2)17-6-11(12(7-17)14(18)19)10-4-3-9(15)5-13(10)16/h3-5,8,11-12H,6-7H2,1-2H3,(H,18,19). The summed E-state index contributed by atoms with van der Waals surface area (Å²) in [6.45, 7) is 5.12. The highest BCUT2D eigenvalue weighted by molar-refractivity contribution is 9.10. The summed E-state index contributed by atoms with van der Waals surface area (Å²) in [6.07, 6.45) is 0. The second-order valence-corrected chi connectivity index (χ2v) is 6.18. The molecular formula is C14H17BrFNO2. The van der Waals surface area contributed by atoms with E-state index >= 15 is 0 Å². The minimum absolute atomic E-state index is 0.269. The number of carboxylic acids is 1. The third kappa shape index (κ3) is 2.98. The molecule has 0 amide bonds. The van der Waals surface area contributed by atoms with Crippen LogP contribution in [0.3, 0.4) is 0 Å². The molecule has 0 spiro atoms. The van der Waals surface area contributed by atoms with E-state index in [-0.39, 0.29) is 17.8 Å². The molecule has 104 valence electrons. The van der Waals surface area contributed by atoms with E-state index in [0.717, 1.165) is 0 Å². The zero-order valence-corrected chi connectivity index (χ0v) is 12.5. The van der Waals surface area contributed by atoms with E-state index in [1.54, 1.807) is 12.1 Å². The molecule has 0 aromatic heterocycles. The van der Waals surface area contributed by atoms with Crippen LogP contribution in [0.5, 0.6) is 0 Å². The molecule has 1 aromatic rings. The van der Waals surface area contributed by atoms with Crippen molar-refractivity contribution in [3.05, 3.63) is 34.1 Å². The van der Waals surface area contributed by atoms with E-state index in [0.29, 0.717) is 23.1 Å². The zero-order valence-electron chi connectivity index (χ0n) is 10.9. The fourth-order valence-electron chi connectivity index (χ4n) is 2.62. The quantitative estimate of drug-likeness (QED) is 0.926. The lowest BCUT2D eigenvalue weighted by atomic mass is 9.89.